The van der Waals surface area contributed by atoms with E-state index in [9.17, 15) is 5.11 Å². The summed E-state index contributed by atoms with van der Waals surface area (Å²) in [7, 11) is 1.77. The summed E-state index contributed by atoms with van der Waals surface area (Å²) >= 11 is 0. The van der Waals surface area contributed by atoms with Crippen LogP contribution in [-0.2, 0) is 4.74 Å². The molecule has 0 saturated heterocycles. The number of aliphatic hydroxyl groups is 1. The van der Waals surface area contributed by atoms with Crippen LogP contribution in [0.4, 0.5) is 0 Å². The van der Waals surface area contributed by atoms with Gasteiger partial charge in [0.15, 0.2) is 0 Å². The first-order valence-electron chi connectivity index (χ1n) is 5.01. The Morgan fingerprint density at radius 1 is 1.25 bits per heavy atom. The van der Waals surface area contributed by atoms with Gasteiger partial charge in [-0.15, -0.1) is 0 Å². The molecule has 0 unspecified atom stereocenters. The largest absolute Gasteiger partial charge is 0.390 e. The predicted molar refractivity (Wildman–Crippen MR) is 46.9 cm³/mol. The van der Waals surface area contributed by atoms with Crippen molar-refractivity contribution < 1.29 is 9.84 Å². The van der Waals surface area contributed by atoms with Crippen LogP contribution in [0.5, 0.6) is 0 Å². The van der Waals surface area contributed by atoms with E-state index in [2.05, 4.69) is 0 Å². The van der Waals surface area contributed by atoms with Crippen LogP contribution in [0.3, 0.4) is 0 Å². The molecule has 3 atom stereocenters. The summed E-state index contributed by atoms with van der Waals surface area (Å²) in [5, 5.41) is 10.2. The first-order valence-corrected chi connectivity index (χ1v) is 5.01. The molecule has 2 saturated carbocycles. The van der Waals surface area contributed by atoms with E-state index < -0.39 is 0 Å². The second-order valence-corrected chi connectivity index (χ2v) is 4.27. The molecule has 1 N–H and O–H groups in total. The van der Waals surface area contributed by atoms with E-state index in [0.717, 1.165) is 25.7 Å². The Bertz CT molecular complexity index is 169. The highest BCUT2D eigenvalue weighted by Crippen LogP contribution is 2.46. The Morgan fingerprint density at radius 3 is 2.83 bits per heavy atom. The Labute approximate surface area is 73.9 Å². The molecule has 2 nitrogen and oxygen atoms in total. The zero-order chi connectivity index (χ0) is 8.60. The van der Waals surface area contributed by atoms with Crippen molar-refractivity contribution in [1.29, 1.82) is 0 Å². The molecule has 0 aromatic carbocycles. The van der Waals surface area contributed by atoms with Crippen LogP contribution in [0.1, 0.15) is 38.5 Å². The van der Waals surface area contributed by atoms with Gasteiger partial charge in [0.1, 0.15) is 0 Å². The molecule has 2 aliphatic rings. The van der Waals surface area contributed by atoms with Crippen molar-refractivity contribution in [3.63, 3.8) is 0 Å². The fraction of sp³-hybridized carbons (Fsp3) is 1.00. The van der Waals surface area contributed by atoms with Crippen molar-refractivity contribution in [2.45, 2.75) is 50.2 Å². The molecule has 2 fully saturated rings. The third-order valence-corrected chi connectivity index (χ3v) is 3.68. The minimum Gasteiger partial charge on any atom is -0.390 e. The van der Waals surface area contributed by atoms with E-state index >= 15 is 0 Å². The number of hydrogen-bond donors (Lipinski definition) is 1. The molecule has 0 aromatic rings. The Balaban J connectivity index is 2.11. The molecule has 0 amide bonds. The highest BCUT2D eigenvalue weighted by atomic mass is 16.5. The van der Waals surface area contributed by atoms with Crippen LogP contribution in [0.2, 0.25) is 0 Å². The highest BCUT2D eigenvalue weighted by Gasteiger charge is 2.48. The first-order chi connectivity index (χ1) is 5.76. The lowest BCUT2D eigenvalue weighted by Crippen LogP contribution is -2.40. The Kier molecular flexibility index (Phi) is 2.13. The lowest BCUT2D eigenvalue weighted by molar-refractivity contribution is -0.0625. The van der Waals surface area contributed by atoms with Gasteiger partial charge in [-0.2, -0.15) is 0 Å². The van der Waals surface area contributed by atoms with E-state index in [1.807, 2.05) is 0 Å². The summed E-state index contributed by atoms with van der Waals surface area (Å²) in [5.41, 5.74) is -0.362. The summed E-state index contributed by atoms with van der Waals surface area (Å²) < 4.78 is 5.39. The molecular weight excluding hydrogens is 152 g/mol. The SMILES string of the molecule is CO[C@H]1CC[C@]2(O)CCCC[C@H]12. The lowest BCUT2D eigenvalue weighted by atomic mass is 9.77. The standard InChI is InChI=1S/C10H18O2/c1-12-9-5-7-10(11)6-3-2-4-8(9)10/h8-9,11H,2-7H2,1H3/t8-,9+,10-/m1/s1. The van der Waals surface area contributed by atoms with E-state index in [0.29, 0.717) is 12.0 Å². The zero-order valence-electron chi connectivity index (χ0n) is 7.75. The topological polar surface area (TPSA) is 29.5 Å². The maximum Gasteiger partial charge on any atom is 0.0701 e. The van der Waals surface area contributed by atoms with E-state index in [1.165, 1.54) is 12.8 Å². The Hall–Kier alpha value is -0.0800. The maximum absolute atomic E-state index is 10.2. The molecule has 0 heterocycles. The smallest absolute Gasteiger partial charge is 0.0701 e. The molecule has 0 aromatic heterocycles. The van der Waals surface area contributed by atoms with Gasteiger partial charge in [-0.3, -0.25) is 0 Å². The van der Waals surface area contributed by atoms with Gasteiger partial charge in [0.25, 0.3) is 0 Å². The summed E-state index contributed by atoms with van der Waals surface area (Å²) in [4.78, 5) is 0. The summed E-state index contributed by atoms with van der Waals surface area (Å²) in [6, 6.07) is 0. The third kappa shape index (κ3) is 1.17. The van der Waals surface area contributed by atoms with Crippen LogP contribution >= 0.6 is 0 Å². The van der Waals surface area contributed by atoms with Crippen LogP contribution in [-0.4, -0.2) is 23.9 Å². The molecule has 2 aliphatic carbocycles. The number of methoxy groups -OCH3 is 1. The molecule has 2 heteroatoms. The van der Waals surface area contributed by atoms with Gasteiger partial charge < -0.3 is 9.84 Å². The fourth-order valence-electron chi connectivity index (χ4n) is 2.97. The van der Waals surface area contributed by atoms with Crippen LogP contribution in [0, 0.1) is 5.92 Å². The first kappa shape index (κ1) is 8.52. The van der Waals surface area contributed by atoms with Gasteiger partial charge in [-0.05, 0) is 25.7 Å². The normalized spacial score (nSPS) is 47.5. The van der Waals surface area contributed by atoms with Gasteiger partial charge in [0.05, 0.1) is 11.7 Å². The number of ether oxygens (including phenoxy) is 1. The van der Waals surface area contributed by atoms with E-state index in [1.54, 1.807) is 7.11 Å². The van der Waals surface area contributed by atoms with Crippen LogP contribution < -0.4 is 0 Å². The van der Waals surface area contributed by atoms with Gasteiger partial charge in [-0.25, -0.2) is 0 Å². The Morgan fingerprint density at radius 2 is 2.08 bits per heavy atom. The van der Waals surface area contributed by atoms with E-state index in [-0.39, 0.29) is 5.60 Å². The number of hydrogen-bond acceptors (Lipinski definition) is 2. The van der Waals surface area contributed by atoms with Crippen LogP contribution in [0.25, 0.3) is 0 Å². The molecule has 0 radical (unpaired) electrons. The summed E-state index contributed by atoms with van der Waals surface area (Å²) in [6.07, 6.45) is 6.96. The molecule has 70 valence electrons. The predicted octanol–water partition coefficient (Wildman–Crippen LogP) is 1.72. The van der Waals surface area contributed by atoms with Gasteiger partial charge in [-0.1, -0.05) is 12.8 Å². The average molecular weight is 170 g/mol. The monoisotopic (exact) mass is 170 g/mol. The minimum absolute atomic E-state index is 0.329. The molecule has 0 aliphatic heterocycles. The molecule has 12 heavy (non-hydrogen) atoms. The second kappa shape index (κ2) is 3.00. The lowest BCUT2D eigenvalue weighted by Gasteiger charge is -2.36. The van der Waals surface area contributed by atoms with Crippen molar-refractivity contribution in [2.24, 2.45) is 5.92 Å². The number of fused-ring (bicyclic) bond motifs is 1. The fourth-order valence-corrected chi connectivity index (χ4v) is 2.97. The van der Waals surface area contributed by atoms with Crippen molar-refractivity contribution in [2.75, 3.05) is 7.11 Å². The highest BCUT2D eigenvalue weighted by molar-refractivity contribution is 4.99. The maximum atomic E-state index is 10.2. The zero-order valence-corrected chi connectivity index (χ0v) is 7.75. The van der Waals surface area contributed by atoms with Crippen molar-refractivity contribution >= 4 is 0 Å². The molecule has 0 bridgehead atoms. The van der Waals surface area contributed by atoms with Gasteiger partial charge in [0.2, 0.25) is 0 Å². The quantitative estimate of drug-likeness (QED) is 0.649. The molecular formula is C10H18O2. The summed E-state index contributed by atoms with van der Waals surface area (Å²) in [5.74, 6) is 0.427. The third-order valence-electron chi connectivity index (χ3n) is 3.68. The summed E-state index contributed by atoms with van der Waals surface area (Å²) in [6.45, 7) is 0. The second-order valence-electron chi connectivity index (χ2n) is 4.27. The van der Waals surface area contributed by atoms with Crippen molar-refractivity contribution in [1.82, 2.24) is 0 Å². The van der Waals surface area contributed by atoms with E-state index in [4.69, 9.17) is 4.74 Å². The van der Waals surface area contributed by atoms with Gasteiger partial charge >= 0.3 is 0 Å². The number of rotatable bonds is 1. The minimum atomic E-state index is -0.362. The average Bonchev–Trinajstić information content (AvgIpc) is 2.41. The van der Waals surface area contributed by atoms with Gasteiger partial charge in [0, 0.05) is 13.0 Å². The van der Waals surface area contributed by atoms with Crippen molar-refractivity contribution in [3.8, 4) is 0 Å². The van der Waals surface area contributed by atoms with Crippen LogP contribution in [0.15, 0.2) is 0 Å². The molecule has 0 spiro atoms. The molecule has 2 rings (SSSR count). The van der Waals surface area contributed by atoms with Crippen molar-refractivity contribution in [3.05, 3.63) is 0 Å².